The number of aromatic nitrogens is 2. The highest BCUT2D eigenvalue weighted by Gasteiger charge is 2.55. The summed E-state index contributed by atoms with van der Waals surface area (Å²) in [5.74, 6) is -4.33. The predicted molar refractivity (Wildman–Crippen MR) is 187 cm³/mol. The first-order valence-electron chi connectivity index (χ1n) is 14.6. The summed E-state index contributed by atoms with van der Waals surface area (Å²) < 4.78 is 51.2. The molecule has 6 N–H and O–H groups in total. The molecule has 266 valence electrons. The van der Waals surface area contributed by atoms with Crippen molar-refractivity contribution in [2.75, 3.05) is 30.8 Å². The maximum Gasteiger partial charge on any atom is 0.363 e. The van der Waals surface area contributed by atoms with Gasteiger partial charge in [0, 0.05) is 36.8 Å². The van der Waals surface area contributed by atoms with E-state index in [1.165, 1.54) is 18.7 Å². The average Bonchev–Trinajstić information content (AvgIpc) is 3.64. The number of thiazole rings is 1. The lowest BCUT2D eigenvalue weighted by Gasteiger charge is -2.43. The van der Waals surface area contributed by atoms with Crippen LogP contribution in [-0.4, -0.2) is 97.4 Å². The zero-order valence-corrected chi connectivity index (χ0v) is 29.6. The molecule has 0 spiro atoms. The van der Waals surface area contributed by atoms with Gasteiger partial charge in [-0.05, 0) is 25.3 Å². The number of thiocarbonyl (C=S) groups is 1. The van der Waals surface area contributed by atoms with Crippen LogP contribution in [0, 0.1) is 5.82 Å². The molecule has 2 aliphatic heterocycles. The Morgan fingerprint density at radius 2 is 2.00 bits per heavy atom. The highest BCUT2D eigenvalue weighted by molar-refractivity contribution is 8.23. The first-order valence-corrected chi connectivity index (χ1v) is 18.5. The van der Waals surface area contributed by atoms with Crippen molar-refractivity contribution in [3.05, 3.63) is 50.0 Å². The molecule has 3 fully saturated rings. The number of carboxylic acids is 1. The van der Waals surface area contributed by atoms with Gasteiger partial charge in [-0.3, -0.25) is 18.9 Å². The zero-order chi connectivity index (χ0) is 36.2. The second kappa shape index (κ2) is 13.6. The molecule has 23 heteroatoms. The van der Waals surface area contributed by atoms with Crippen molar-refractivity contribution in [1.82, 2.24) is 24.5 Å². The fourth-order valence-corrected chi connectivity index (χ4v) is 9.31. The number of carbonyl (C=O) groups excluding carboxylic acids is 2. The molecular formula is C27H26ClFN8O9S4. The van der Waals surface area contributed by atoms with Gasteiger partial charge in [0.1, 0.15) is 39.9 Å². The number of nitrogens with two attached hydrogens (primary N) is 1. The molecule has 3 atom stereocenters. The van der Waals surface area contributed by atoms with Crippen molar-refractivity contribution in [2.24, 2.45) is 5.16 Å². The topological polar surface area (TPSA) is 239 Å². The number of carbonyl (C=O) groups is 3. The largest absolute Gasteiger partial charge is 0.477 e. The normalized spacial score (nSPS) is 20.9. The van der Waals surface area contributed by atoms with E-state index < -0.39 is 62.4 Å². The molecule has 4 heterocycles. The highest BCUT2D eigenvalue weighted by atomic mass is 35.5. The minimum atomic E-state index is -5.05. The first kappa shape index (κ1) is 35.7. The lowest BCUT2D eigenvalue weighted by Crippen LogP contribution is -2.71. The number of nitrogen functional groups attached to an aromatic ring is 1. The van der Waals surface area contributed by atoms with Gasteiger partial charge in [-0.1, -0.05) is 40.7 Å². The molecule has 1 aliphatic carbocycles. The van der Waals surface area contributed by atoms with Crippen molar-refractivity contribution < 1.29 is 41.7 Å². The van der Waals surface area contributed by atoms with E-state index in [2.05, 4.69) is 20.8 Å². The summed E-state index contributed by atoms with van der Waals surface area (Å²) >= 11 is 13.9. The van der Waals surface area contributed by atoms with Gasteiger partial charge in [-0.2, -0.15) is 12.7 Å². The number of anilines is 2. The SMILES string of the molecule is CON=C(C(=O)N[C@H]1C(=O)N(S(=O)(=O)O)C1SC(=S)NC1CCN(c2c(F)cc3c(=O)c(C(=O)O)cn(C4CC4)c3c2Cl)C1)c1csc(N)n1. The van der Waals surface area contributed by atoms with Crippen molar-refractivity contribution in [1.29, 1.82) is 0 Å². The Morgan fingerprint density at radius 1 is 1.28 bits per heavy atom. The fourth-order valence-electron chi connectivity index (χ4n) is 5.74. The van der Waals surface area contributed by atoms with E-state index in [9.17, 15) is 37.3 Å². The number of hydrogen-bond acceptors (Lipinski definition) is 14. The molecule has 17 nitrogen and oxygen atoms in total. The van der Waals surface area contributed by atoms with E-state index >= 15 is 4.39 Å². The summed E-state index contributed by atoms with van der Waals surface area (Å²) in [6.07, 6.45) is 3.11. The number of thioether (sulfide) groups is 1. The van der Waals surface area contributed by atoms with Gasteiger partial charge in [0.15, 0.2) is 10.8 Å². The summed E-state index contributed by atoms with van der Waals surface area (Å²) in [6.45, 7) is 0.442. The van der Waals surface area contributed by atoms with Crippen molar-refractivity contribution in [3.8, 4) is 0 Å². The average molecular weight is 789 g/mol. The van der Waals surface area contributed by atoms with E-state index in [0.717, 1.165) is 30.2 Å². The summed E-state index contributed by atoms with van der Waals surface area (Å²) in [5, 5.41) is 18.5. The Labute approximate surface area is 300 Å². The number of fused-ring (bicyclic) bond motifs is 1. The van der Waals surface area contributed by atoms with Crippen LogP contribution in [0.5, 0.6) is 0 Å². The smallest absolute Gasteiger partial charge is 0.363 e. The number of amides is 2. The van der Waals surface area contributed by atoms with Crippen molar-refractivity contribution >= 4 is 107 Å². The van der Waals surface area contributed by atoms with Crippen LogP contribution in [0.25, 0.3) is 10.9 Å². The third kappa shape index (κ3) is 6.69. The van der Waals surface area contributed by atoms with Crippen LogP contribution in [-0.2, 0) is 24.7 Å². The third-order valence-electron chi connectivity index (χ3n) is 8.11. The Hall–Kier alpha value is -4.09. The second-order valence-electron chi connectivity index (χ2n) is 11.4. The molecule has 1 aromatic carbocycles. The first-order chi connectivity index (χ1) is 23.6. The molecular weight excluding hydrogens is 763 g/mol. The number of nitrogens with one attached hydrogen (secondary N) is 2. The summed E-state index contributed by atoms with van der Waals surface area (Å²) in [6, 6.07) is -0.999. The van der Waals surface area contributed by atoms with Crippen LogP contribution in [0.2, 0.25) is 5.02 Å². The second-order valence-corrected chi connectivity index (χ2v) is 15.7. The van der Waals surface area contributed by atoms with Crippen LogP contribution in [0.3, 0.4) is 0 Å². The molecule has 2 amide bonds. The summed E-state index contributed by atoms with van der Waals surface area (Å²) in [4.78, 5) is 60.8. The molecule has 6 rings (SSSR count). The Morgan fingerprint density at radius 3 is 2.60 bits per heavy atom. The van der Waals surface area contributed by atoms with E-state index in [-0.39, 0.29) is 65.9 Å². The van der Waals surface area contributed by atoms with Crippen LogP contribution >= 0.6 is 46.9 Å². The van der Waals surface area contributed by atoms with Crippen molar-refractivity contribution in [2.45, 2.75) is 42.8 Å². The van der Waals surface area contributed by atoms with E-state index in [1.807, 2.05) is 0 Å². The number of benzene rings is 1. The number of aromatic carboxylic acids is 1. The van der Waals surface area contributed by atoms with Gasteiger partial charge in [0.05, 0.1) is 21.6 Å². The van der Waals surface area contributed by atoms with Gasteiger partial charge in [0.2, 0.25) is 5.43 Å². The number of pyridine rings is 1. The Balaban J connectivity index is 1.18. The van der Waals surface area contributed by atoms with Gasteiger partial charge in [0.25, 0.3) is 11.8 Å². The monoisotopic (exact) mass is 788 g/mol. The highest BCUT2D eigenvalue weighted by Crippen LogP contribution is 2.43. The fraction of sp³-hybridized carbons (Fsp3) is 0.370. The molecule has 1 saturated carbocycles. The molecule has 0 radical (unpaired) electrons. The standard InChI is InChI=1S/C27H26ClFN8O9S4/c1-46-34-17(15-9-48-26(30)32-15)22(39)33-18-23(40)37(50(43,44)45)24(18)49-27(47)31-10-4-5-35(7-10)20-14(29)6-12-19(16(20)28)36(11-2-3-11)8-13(21(12)38)25(41)42/h6,8-11,18,24H,2-5,7H2,1H3,(H2,30,32)(H,31,47)(H,33,39)(H,41,42)(H,43,44,45)/t10?,18-,24?/m0/s1. The van der Waals surface area contributed by atoms with Crippen molar-refractivity contribution in [3.63, 3.8) is 0 Å². The molecule has 2 aromatic heterocycles. The number of carboxylic acid groups (broad SMARTS) is 1. The maximum absolute atomic E-state index is 15.6. The van der Waals surface area contributed by atoms with E-state index in [1.54, 1.807) is 9.47 Å². The lowest BCUT2D eigenvalue weighted by molar-refractivity contribution is -0.140. The van der Waals surface area contributed by atoms with Crippen LogP contribution < -0.4 is 26.7 Å². The molecule has 2 saturated heterocycles. The molecule has 3 aromatic rings. The summed E-state index contributed by atoms with van der Waals surface area (Å²) in [5.41, 5.74) is 4.25. The lowest BCUT2D eigenvalue weighted by atomic mass is 10.1. The quantitative estimate of drug-likeness (QED) is 0.0644. The number of hydrogen-bond donors (Lipinski definition) is 5. The van der Waals surface area contributed by atoms with Gasteiger partial charge < -0.3 is 35.8 Å². The van der Waals surface area contributed by atoms with E-state index in [4.69, 9.17) is 34.4 Å². The zero-order valence-electron chi connectivity index (χ0n) is 25.5. The number of β-lactam (4-membered cyclic amide) rings is 1. The Kier molecular flexibility index (Phi) is 9.69. The van der Waals surface area contributed by atoms with Gasteiger partial charge in [-0.15, -0.1) is 11.3 Å². The predicted octanol–water partition coefficient (Wildman–Crippen LogP) is 1.56. The number of oxime groups is 1. The number of nitrogens with zero attached hydrogens (tertiary/aromatic N) is 5. The van der Waals surface area contributed by atoms with Crippen LogP contribution in [0.15, 0.2) is 27.6 Å². The molecule has 0 bridgehead atoms. The minimum Gasteiger partial charge on any atom is -0.477 e. The molecule has 3 aliphatic rings. The number of rotatable bonds is 10. The maximum atomic E-state index is 15.6. The molecule has 2 unspecified atom stereocenters. The van der Waals surface area contributed by atoms with Gasteiger partial charge in [-0.25, -0.2) is 14.2 Å². The number of halogens is 2. The molecule has 50 heavy (non-hydrogen) atoms. The Bertz CT molecular complexity index is 2160. The summed E-state index contributed by atoms with van der Waals surface area (Å²) in [7, 11) is -3.88. The van der Waals surface area contributed by atoms with Crippen LogP contribution in [0.4, 0.5) is 15.2 Å². The van der Waals surface area contributed by atoms with Gasteiger partial charge >= 0.3 is 16.3 Å². The third-order valence-corrected chi connectivity index (χ3v) is 11.6. The minimum absolute atomic E-state index is 0.00541. The van der Waals surface area contributed by atoms with E-state index in [0.29, 0.717) is 18.2 Å². The van der Waals surface area contributed by atoms with Crippen LogP contribution in [0.1, 0.15) is 41.4 Å².